The molecular formula is C12H13F3O2. The van der Waals surface area contributed by atoms with Gasteiger partial charge in [-0.3, -0.25) is 4.79 Å². The van der Waals surface area contributed by atoms with E-state index in [-0.39, 0.29) is 19.4 Å². The van der Waals surface area contributed by atoms with Gasteiger partial charge in [0, 0.05) is 6.42 Å². The molecule has 0 unspecified atom stereocenters. The van der Waals surface area contributed by atoms with Gasteiger partial charge in [-0.1, -0.05) is 6.07 Å². The van der Waals surface area contributed by atoms with E-state index in [1.54, 1.807) is 6.92 Å². The van der Waals surface area contributed by atoms with Gasteiger partial charge in [0.25, 0.3) is 6.43 Å². The van der Waals surface area contributed by atoms with Crippen molar-refractivity contribution in [3.63, 3.8) is 0 Å². The maximum absolute atomic E-state index is 13.0. The number of carbonyl (C=O) groups is 1. The zero-order valence-corrected chi connectivity index (χ0v) is 9.38. The van der Waals surface area contributed by atoms with Gasteiger partial charge in [0.2, 0.25) is 0 Å². The van der Waals surface area contributed by atoms with Crippen LogP contribution in [-0.4, -0.2) is 12.6 Å². The lowest BCUT2D eigenvalue weighted by Crippen LogP contribution is -2.05. The largest absolute Gasteiger partial charge is 0.466 e. The Bertz CT molecular complexity index is 391. The van der Waals surface area contributed by atoms with Gasteiger partial charge in [-0.05, 0) is 31.0 Å². The van der Waals surface area contributed by atoms with Crippen molar-refractivity contribution in [3.05, 3.63) is 35.1 Å². The first kappa shape index (κ1) is 13.5. The van der Waals surface area contributed by atoms with Crippen LogP contribution in [0.5, 0.6) is 0 Å². The molecule has 1 aromatic rings. The molecule has 0 N–H and O–H groups in total. The molecule has 0 bridgehead atoms. The molecule has 0 spiro atoms. The minimum Gasteiger partial charge on any atom is -0.466 e. The van der Waals surface area contributed by atoms with E-state index in [9.17, 15) is 18.0 Å². The zero-order chi connectivity index (χ0) is 12.8. The van der Waals surface area contributed by atoms with E-state index in [2.05, 4.69) is 0 Å². The lowest BCUT2D eigenvalue weighted by Gasteiger charge is -2.06. The Morgan fingerprint density at radius 2 is 2.12 bits per heavy atom. The summed E-state index contributed by atoms with van der Waals surface area (Å²) in [5, 5.41) is 0. The predicted molar refractivity (Wildman–Crippen MR) is 56.3 cm³/mol. The van der Waals surface area contributed by atoms with Crippen molar-refractivity contribution in [3.8, 4) is 0 Å². The second kappa shape index (κ2) is 6.27. The minimum atomic E-state index is -2.85. The number of benzene rings is 1. The van der Waals surface area contributed by atoms with Gasteiger partial charge in [0.15, 0.2) is 0 Å². The van der Waals surface area contributed by atoms with Crippen molar-refractivity contribution in [1.29, 1.82) is 0 Å². The van der Waals surface area contributed by atoms with Gasteiger partial charge >= 0.3 is 5.97 Å². The highest BCUT2D eigenvalue weighted by atomic mass is 19.3. The molecule has 0 aliphatic carbocycles. The first-order chi connectivity index (χ1) is 8.04. The summed E-state index contributed by atoms with van der Waals surface area (Å²) in [5.74, 6) is -1.32. The molecule has 0 saturated heterocycles. The first-order valence-corrected chi connectivity index (χ1v) is 5.26. The van der Waals surface area contributed by atoms with Crippen LogP contribution in [0.25, 0.3) is 0 Å². The number of ether oxygens (including phenoxy) is 1. The maximum Gasteiger partial charge on any atom is 0.306 e. The van der Waals surface area contributed by atoms with Crippen LogP contribution in [0.3, 0.4) is 0 Å². The standard InChI is InChI=1S/C12H13F3O2/c1-2-17-11(16)6-4-8-3-5-10(13)9(7-8)12(14)15/h3,5,7,12H,2,4,6H2,1H3. The summed E-state index contributed by atoms with van der Waals surface area (Å²) in [6, 6.07) is 3.46. The molecule has 0 aliphatic heterocycles. The third-order valence-corrected chi connectivity index (χ3v) is 2.22. The number of esters is 1. The number of hydrogen-bond acceptors (Lipinski definition) is 2. The molecule has 1 aromatic carbocycles. The maximum atomic E-state index is 13.0. The molecule has 0 amide bonds. The van der Waals surface area contributed by atoms with Crippen LogP contribution < -0.4 is 0 Å². The average Bonchev–Trinajstić information content (AvgIpc) is 2.28. The monoisotopic (exact) mass is 246 g/mol. The third-order valence-electron chi connectivity index (χ3n) is 2.22. The number of hydrogen-bond donors (Lipinski definition) is 0. The van der Waals surface area contributed by atoms with Gasteiger partial charge in [-0.15, -0.1) is 0 Å². The SMILES string of the molecule is CCOC(=O)CCc1ccc(F)c(C(F)F)c1. The topological polar surface area (TPSA) is 26.3 Å². The summed E-state index contributed by atoms with van der Waals surface area (Å²) >= 11 is 0. The van der Waals surface area contributed by atoms with Crippen LogP contribution in [-0.2, 0) is 16.0 Å². The van der Waals surface area contributed by atoms with E-state index in [1.807, 2.05) is 0 Å². The van der Waals surface area contributed by atoms with Crippen molar-refractivity contribution >= 4 is 5.97 Å². The Labute approximate surface area is 97.4 Å². The van der Waals surface area contributed by atoms with E-state index in [0.717, 1.165) is 12.1 Å². The fourth-order valence-corrected chi connectivity index (χ4v) is 1.40. The van der Waals surface area contributed by atoms with E-state index < -0.39 is 23.8 Å². The Kier molecular flexibility index (Phi) is 5.00. The Morgan fingerprint density at radius 1 is 1.41 bits per heavy atom. The average molecular weight is 246 g/mol. The minimum absolute atomic E-state index is 0.0994. The highest BCUT2D eigenvalue weighted by Crippen LogP contribution is 2.23. The lowest BCUT2D eigenvalue weighted by atomic mass is 10.1. The molecule has 2 nitrogen and oxygen atoms in total. The summed E-state index contributed by atoms with van der Waals surface area (Å²) < 4.78 is 42.5. The van der Waals surface area contributed by atoms with Crippen LogP contribution in [0.4, 0.5) is 13.2 Å². The highest BCUT2D eigenvalue weighted by molar-refractivity contribution is 5.69. The Hall–Kier alpha value is -1.52. The van der Waals surface area contributed by atoms with Crippen molar-refractivity contribution in [2.24, 2.45) is 0 Å². The Balaban J connectivity index is 2.66. The predicted octanol–water partition coefficient (Wildman–Crippen LogP) is 3.26. The molecule has 17 heavy (non-hydrogen) atoms. The van der Waals surface area contributed by atoms with Crippen molar-refractivity contribution in [2.75, 3.05) is 6.61 Å². The molecule has 0 atom stereocenters. The quantitative estimate of drug-likeness (QED) is 0.745. The second-order valence-corrected chi connectivity index (χ2v) is 3.46. The number of carbonyl (C=O) groups excluding carboxylic acids is 1. The van der Waals surface area contributed by atoms with Gasteiger partial charge in [-0.25, -0.2) is 13.2 Å². The molecule has 0 aliphatic rings. The lowest BCUT2D eigenvalue weighted by molar-refractivity contribution is -0.143. The second-order valence-electron chi connectivity index (χ2n) is 3.46. The number of alkyl halides is 2. The number of rotatable bonds is 5. The van der Waals surface area contributed by atoms with E-state index in [4.69, 9.17) is 4.74 Å². The zero-order valence-electron chi connectivity index (χ0n) is 9.38. The molecular weight excluding hydrogens is 233 g/mol. The molecule has 0 aromatic heterocycles. The normalized spacial score (nSPS) is 10.6. The van der Waals surface area contributed by atoms with Crippen LogP contribution in [0.1, 0.15) is 30.9 Å². The molecule has 0 saturated carbocycles. The fraction of sp³-hybridized carbons (Fsp3) is 0.417. The van der Waals surface area contributed by atoms with Crippen LogP contribution in [0.2, 0.25) is 0 Å². The summed E-state index contributed by atoms with van der Waals surface area (Å²) in [5.41, 5.74) is -0.138. The highest BCUT2D eigenvalue weighted by Gasteiger charge is 2.14. The van der Waals surface area contributed by atoms with Crippen molar-refractivity contribution in [1.82, 2.24) is 0 Å². The van der Waals surface area contributed by atoms with Gasteiger partial charge in [0.05, 0.1) is 12.2 Å². The third kappa shape index (κ3) is 4.09. The number of halogens is 3. The summed E-state index contributed by atoms with van der Waals surface area (Å²) in [7, 11) is 0. The molecule has 5 heteroatoms. The van der Waals surface area contributed by atoms with E-state index >= 15 is 0 Å². The number of aryl methyl sites for hydroxylation is 1. The summed E-state index contributed by atoms with van der Waals surface area (Å²) in [6.45, 7) is 1.97. The van der Waals surface area contributed by atoms with Gasteiger partial charge < -0.3 is 4.74 Å². The molecule has 0 heterocycles. The first-order valence-electron chi connectivity index (χ1n) is 5.26. The molecule has 0 fully saturated rings. The molecule has 1 rings (SSSR count). The van der Waals surface area contributed by atoms with E-state index in [0.29, 0.717) is 5.56 Å². The van der Waals surface area contributed by atoms with Crippen LogP contribution in [0.15, 0.2) is 18.2 Å². The van der Waals surface area contributed by atoms with Crippen LogP contribution >= 0.6 is 0 Å². The van der Waals surface area contributed by atoms with Crippen molar-refractivity contribution in [2.45, 2.75) is 26.2 Å². The van der Waals surface area contributed by atoms with Crippen molar-refractivity contribution < 1.29 is 22.7 Å². The van der Waals surface area contributed by atoms with Gasteiger partial charge in [-0.2, -0.15) is 0 Å². The smallest absolute Gasteiger partial charge is 0.306 e. The summed E-state index contributed by atoms with van der Waals surface area (Å²) in [4.78, 5) is 11.1. The fourth-order valence-electron chi connectivity index (χ4n) is 1.40. The molecule has 94 valence electrons. The van der Waals surface area contributed by atoms with Gasteiger partial charge in [0.1, 0.15) is 5.82 Å². The van der Waals surface area contributed by atoms with E-state index in [1.165, 1.54) is 6.07 Å². The van der Waals surface area contributed by atoms with Crippen LogP contribution in [0, 0.1) is 5.82 Å². The molecule has 0 radical (unpaired) electrons. The summed E-state index contributed by atoms with van der Waals surface area (Å²) in [6.07, 6.45) is -2.49. The Morgan fingerprint density at radius 3 is 2.71 bits per heavy atom.